The average molecular weight is 321 g/mol. The molecule has 1 aromatic rings. The van der Waals surface area contributed by atoms with Gasteiger partial charge in [0, 0.05) is 44.1 Å². The highest BCUT2D eigenvalue weighted by molar-refractivity contribution is 5.68. The maximum atomic E-state index is 12.2. The zero-order valence-corrected chi connectivity index (χ0v) is 15.4. The molecule has 1 amide bonds. The van der Waals surface area contributed by atoms with E-state index in [0.717, 1.165) is 32.5 Å². The number of likely N-dealkylation sites (tertiary alicyclic amines) is 1. The predicted molar refractivity (Wildman–Crippen MR) is 92.6 cm³/mol. The van der Waals surface area contributed by atoms with E-state index < -0.39 is 5.60 Å². The molecular formula is C18H31N3O2. The van der Waals surface area contributed by atoms with E-state index >= 15 is 0 Å². The predicted octanol–water partition coefficient (Wildman–Crippen LogP) is 3.13. The van der Waals surface area contributed by atoms with Gasteiger partial charge >= 0.3 is 6.09 Å². The van der Waals surface area contributed by atoms with Gasteiger partial charge in [-0.1, -0.05) is 0 Å². The van der Waals surface area contributed by atoms with E-state index in [4.69, 9.17) is 4.74 Å². The van der Waals surface area contributed by atoms with Gasteiger partial charge in [-0.15, -0.1) is 0 Å². The number of nitrogens with zero attached hydrogens (tertiary/aromatic N) is 2. The molecule has 2 rings (SSSR count). The number of aryl methyl sites for hydroxylation is 1. The Morgan fingerprint density at radius 1 is 1.39 bits per heavy atom. The molecule has 1 atom stereocenters. The molecule has 1 saturated heterocycles. The van der Waals surface area contributed by atoms with Gasteiger partial charge in [0.25, 0.3) is 0 Å². The van der Waals surface area contributed by atoms with Gasteiger partial charge in [-0.2, -0.15) is 0 Å². The van der Waals surface area contributed by atoms with Crippen LogP contribution in [-0.2, 0) is 18.3 Å². The molecule has 1 fully saturated rings. The first-order valence-electron chi connectivity index (χ1n) is 8.50. The van der Waals surface area contributed by atoms with Crippen LogP contribution in [0, 0.1) is 13.8 Å². The Balaban J connectivity index is 1.89. The first-order chi connectivity index (χ1) is 10.7. The van der Waals surface area contributed by atoms with Crippen LogP contribution in [0.4, 0.5) is 4.79 Å². The number of nitrogens with one attached hydrogen (secondary N) is 1. The van der Waals surface area contributed by atoms with Crippen LogP contribution >= 0.6 is 0 Å². The lowest BCUT2D eigenvalue weighted by atomic mass is 10.1. The number of aromatic nitrogens is 1. The molecule has 0 radical (unpaired) electrons. The fourth-order valence-electron chi connectivity index (χ4n) is 3.00. The first-order valence-corrected chi connectivity index (χ1v) is 8.50. The maximum Gasteiger partial charge on any atom is 0.410 e. The van der Waals surface area contributed by atoms with E-state index in [0.29, 0.717) is 6.04 Å². The van der Waals surface area contributed by atoms with Crippen LogP contribution in [0.5, 0.6) is 0 Å². The molecule has 1 unspecified atom stereocenters. The molecule has 2 heterocycles. The standard InChI is InChI=1S/C18H31N3O2/c1-13-10-15(14(2)20(13)6)11-19-16-8-7-9-21(12-16)17(22)23-18(3,4)5/h10,16,19H,7-9,11-12H2,1-6H3. The van der Waals surface area contributed by atoms with Crippen LogP contribution in [0.1, 0.15) is 50.6 Å². The second kappa shape index (κ2) is 6.95. The van der Waals surface area contributed by atoms with Crippen molar-refractivity contribution in [1.82, 2.24) is 14.8 Å². The Morgan fingerprint density at radius 3 is 2.65 bits per heavy atom. The molecule has 130 valence electrons. The molecule has 5 nitrogen and oxygen atoms in total. The summed E-state index contributed by atoms with van der Waals surface area (Å²) in [6.45, 7) is 12.4. The Morgan fingerprint density at radius 2 is 2.09 bits per heavy atom. The lowest BCUT2D eigenvalue weighted by Crippen LogP contribution is -2.49. The molecule has 1 aliphatic heterocycles. The van der Waals surface area contributed by atoms with Crippen molar-refractivity contribution < 1.29 is 9.53 Å². The van der Waals surface area contributed by atoms with Crippen molar-refractivity contribution in [1.29, 1.82) is 0 Å². The van der Waals surface area contributed by atoms with Crippen LogP contribution in [0.25, 0.3) is 0 Å². The number of carbonyl (C=O) groups excluding carboxylic acids is 1. The number of piperidine rings is 1. The minimum atomic E-state index is -0.434. The number of hydrogen-bond acceptors (Lipinski definition) is 3. The average Bonchev–Trinajstić information content (AvgIpc) is 2.71. The molecule has 0 aromatic carbocycles. The third kappa shape index (κ3) is 4.74. The van der Waals surface area contributed by atoms with E-state index in [1.165, 1.54) is 17.0 Å². The maximum absolute atomic E-state index is 12.2. The molecule has 1 aromatic heterocycles. The van der Waals surface area contributed by atoms with Gasteiger partial charge < -0.3 is 19.5 Å². The largest absolute Gasteiger partial charge is 0.444 e. The quantitative estimate of drug-likeness (QED) is 0.930. The number of ether oxygens (including phenoxy) is 1. The van der Waals surface area contributed by atoms with Gasteiger partial charge in [-0.25, -0.2) is 4.79 Å². The molecule has 0 aliphatic carbocycles. The normalized spacial score (nSPS) is 19.0. The monoisotopic (exact) mass is 321 g/mol. The van der Waals surface area contributed by atoms with Crippen LogP contribution in [0.3, 0.4) is 0 Å². The van der Waals surface area contributed by atoms with Crippen molar-refractivity contribution in [3.8, 4) is 0 Å². The highest BCUT2D eigenvalue weighted by Gasteiger charge is 2.27. The van der Waals surface area contributed by atoms with Crippen LogP contribution < -0.4 is 5.32 Å². The summed E-state index contributed by atoms with van der Waals surface area (Å²) in [5.74, 6) is 0. The molecular weight excluding hydrogens is 290 g/mol. The molecule has 23 heavy (non-hydrogen) atoms. The number of hydrogen-bond donors (Lipinski definition) is 1. The summed E-state index contributed by atoms with van der Waals surface area (Å²) >= 11 is 0. The number of rotatable bonds is 3. The van der Waals surface area contributed by atoms with Gasteiger partial charge in [-0.05, 0) is 59.1 Å². The lowest BCUT2D eigenvalue weighted by molar-refractivity contribution is 0.0187. The third-order valence-electron chi connectivity index (χ3n) is 4.53. The van der Waals surface area contributed by atoms with Crippen molar-refractivity contribution in [2.45, 2.75) is 65.6 Å². The highest BCUT2D eigenvalue weighted by Crippen LogP contribution is 2.17. The fourth-order valence-corrected chi connectivity index (χ4v) is 3.00. The Hall–Kier alpha value is -1.49. The van der Waals surface area contributed by atoms with Gasteiger partial charge in [-0.3, -0.25) is 0 Å². The minimum Gasteiger partial charge on any atom is -0.444 e. The molecule has 0 bridgehead atoms. The summed E-state index contributed by atoms with van der Waals surface area (Å²) < 4.78 is 7.70. The van der Waals surface area contributed by atoms with Gasteiger partial charge in [0.2, 0.25) is 0 Å². The van der Waals surface area contributed by atoms with Crippen molar-refractivity contribution in [2.75, 3.05) is 13.1 Å². The summed E-state index contributed by atoms with van der Waals surface area (Å²) in [4.78, 5) is 14.0. The van der Waals surface area contributed by atoms with Crippen LogP contribution in [-0.4, -0.2) is 40.3 Å². The third-order valence-corrected chi connectivity index (χ3v) is 4.53. The second-order valence-corrected chi connectivity index (χ2v) is 7.60. The van der Waals surface area contributed by atoms with Crippen LogP contribution in [0.2, 0.25) is 0 Å². The SMILES string of the molecule is Cc1cc(CNC2CCCN(C(=O)OC(C)(C)C)C2)c(C)n1C. The lowest BCUT2D eigenvalue weighted by Gasteiger charge is -2.34. The number of carbonyl (C=O) groups is 1. The smallest absolute Gasteiger partial charge is 0.410 e. The molecule has 1 aliphatic rings. The molecule has 0 saturated carbocycles. The topological polar surface area (TPSA) is 46.5 Å². The molecule has 1 N–H and O–H groups in total. The zero-order chi connectivity index (χ0) is 17.2. The Bertz CT molecular complexity index is 557. The van der Waals surface area contributed by atoms with Crippen molar-refractivity contribution >= 4 is 6.09 Å². The Kier molecular flexibility index (Phi) is 5.40. The van der Waals surface area contributed by atoms with E-state index in [2.05, 4.69) is 36.8 Å². The van der Waals surface area contributed by atoms with Crippen molar-refractivity contribution in [3.05, 3.63) is 23.0 Å². The van der Waals surface area contributed by atoms with Crippen molar-refractivity contribution in [3.63, 3.8) is 0 Å². The second-order valence-electron chi connectivity index (χ2n) is 7.60. The fraction of sp³-hybridized carbons (Fsp3) is 0.722. The summed E-state index contributed by atoms with van der Waals surface area (Å²) in [6.07, 6.45) is 1.92. The van der Waals surface area contributed by atoms with Crippen molar-refractivity contribution in [2.24, 2.45) is 7.05 Å². The summed E-state index contributed by atoms with van der Waals surface area (Å²) in [6, 6.07) is 2.56. The van der Waals surface area contributed by atoms with Gasteiger partial charge in [0.15, 0.2) is 0 Å². The first kappa shape index (κ1) is 17.9. The van der Waals surface area contributed by atoms with E-state index in [9.17, 15) is 4.79 Å². The summed E-state index contributed by atoms with van der Waals surface area (Å²) in [7, 11) is 2.10. The van der Waals surface area contributed by atoms with Gasteiger partial charge in [0.1, 0.15) is 5.60 Å². The van der Waals surface area contributed by atoms with E-state index in [1.807, 2.05) is 25.7 Å². The van der Waals surface area contributed by atoms with Gasteiger partial charge in [0.05, 0.1) is 0 Å². The number of amides is 1. The minimum absolute atomic E-state index is 0.198. The molecule has 0 spiro atoms. The summed E-state index contributed by atoms with van der Waals surface area (Å²) in [5.41, 5.74) is 3.48. The Labute approximate surface area is 140 Å². The summed E-state index contributed by atoms with van der Waals surface area (Å²) in [5, 5.41) is 3.60. The highest BCUT2D eigenvalue weighted by atomic mass is 16.6. The van der Waals surface area contributed by atoms with E-state index in [-0.39, 0.29) is 6.09 Å². The van der Waals surface area contributed by atoms with Crippen LogP contribution in [0.15, 0.2) is 6.07 Å². The van der Waals surface area contributed by atoms with E-state index in [1.54, 1.807) is 0 Å². The zero-order valence-electron chi connectivity index (χ0n) is 15.4. The molecule has 5 heteroatoms.